The van der Waals surface area contributed by atoms with E-state index in [9.17, 15) is 0 Å². The number of halogens is 1. The third-order valence-electron chi connectivity index (χ3n) is 5.42. The summed E-state index contributed by atoms with van der Waals surface area (Å²) in [4.78, 5) is 2.55. The number of hydrogen-bond donors (Lipinski definition) is 1. The monoisotopic (exact) mass is 344 g/mol. The quantitative estimate of drug-likeness (QED) is 0.913. The number of piperidine rings is 1. The summed E-state index contributed by atoms with van der Waals surface area (Å²) in [6.07, 6.45) is 3.59. The molecule has 4 rings (SSSR count). The third-order valence-corrected chi connectivity index (χ3v) is 5.83. The number of aromatic nitrogens is 2. The molecule has 1 aromatic heterocycles. The molecule has 5 heteroatoms. The fourth-order valence-electron chi connectivity index (χ4n) is 4.00. The van der Waals surface area contributed by atoms with Crippen LogP contribution >= 0.6 is 11.6 Å². The van der Waals surface area contributed by atoms with E-state index >= 15 is 0 Å². The Bertz CT molecular complexity index is 752. The standard InChI is InChI=1S/C19H25ClN4/c1-3-23-10-4-5-14(12-23)18-16-8-9-21-19(16)24(22-18)15-7-6-13(2)17(20)11-15/h6-7,11,14,21H,3-5,8-10,12H2,1-2H3. The summed E-state index contributed by atoms with van der Waals surface area (Å²) in [5, 5.41) is 9.36. The number of likely N-dealkylation sites (N-methyl/N-ethyl adjacent to an activating group) is 1. The number of aryl methyl sites for hydroxylation is 1. The first-order valence-corrected chi connectivity index (χ1v) is 9.39. The van der Waals surface area contributed by atoms with Gasteiger partial charge in [-0.3, -0.25) is 0 Å². The Morgan fingerprint density at radius 1 is 1.38 bits per heavy atom. The van der Waals surface area contributed by atoms with Gasteiger partial charge in [-0.15, -0.1) is 0 Å². The molecular formula is C19H25ClN4. The summed E-state index contributed by atoms with van der Waals surface area (Å²) < 4.78 is 2.06. The van der Waals surface area contributed by atoms with Crippen LogP contribution in [-0.4, -0.2) is 40.9 Å². The van der Waals surface area contributed by atoms with Crippen LogP contribution in [0.5, 0.6) is 0 Å². The summed E-state index contributed by atoms with van der Waals surface area (Å²) >= 11 is 6.34. The number of hydrogen-bond acceptors (Lipinski definition) is 3. The van der Waals surface area contributed by atoms with Crippen LogP contribution in [0.3, 0.4) is 0 Å². The molecule has 1 atom stereocenters. The predicted molar refractivity (Wildman–Crippen MR) is 99.6 cm³/mol. The number of fused-ring (bicyclic) bond motifs is 1. The van der Waals surface area contributed by atoms with E-state index in [1.54, 1.807) is 0 Å². The molecule has 0 bridgehead atoms. The van der Waals surface area contributed by atoms with Crippen molar-refractivity contribution in [3.63, 3.8) is 0 Å². The predicted octanol–water partition coefficient (Wildman–Crippen LogP) is 4.00. The molecular weight excluding hydrogens is 320 g/mol. The molecule has 2 aliphatic heterocycles. The van der Waals surface area contributed by atoms with Gasteiger partial charge in [0.15, 0.2) is 0 Å². The molecule has 128 valence electrons. The molecule has 2 aliphatic rings. The summed E-state index contributed by atoms with van der Waals surface area (Å²) in [7, 11) is 0. The average molecular weight is 345 g/mol. The molecule has 1 N–H and O–H groups in total. The topological polar surface area (TPSA) is 33.1 Å². The van der Waals surface area contributed by atoms with E-state index in [1.165, 1.54) is 36.5 Å². The molecule has 1 unspecified atom stereocenters. The normalized spacial score (nSPS) is 20.9. The zero-order valence-corrected chi connectivity index (χ0v) is 15.2. The van der Waals surface area contributed by atoms with Gasteiger partial charge in [-0.2, -0.15) is 5.10 Å². The second-order valence-electron chi connectivity index (χ2n) is 6.97. The zero-order valence-electron chi connectivity index (χ0n) is 14.5. The van der Waals surface area contributed by atoms with Crippen molar-refractivity contribution >= 4 is 17.4 Å². The number of nitrogens with zero attached hydrogens (tertiary/aromatic N) is 3. The third kappa shape index (κ3) is 2.72. The van der Waals surface area contributed by atoms with Crippen LogP contribution in [0.15, 0.2) is 18.2 Å². The largest absolute Gasteiger partial charge is 0.369 e. The fraction of sp³-hybridized carbons (Fsp3) is 0.526. The van der Waals surface area contributed by atoms with Gasteiger partial charge in [0.1, 0.15) is 5.82 Å². The molecule has 2 aromatic rings. The van der Waals surface area contributed by atoms with E-state index in [4.69, 9.17) is 16.7 Å². The van der Waals surface area contributed by atoms with Gasteiger partial charge in [0.05, 0.1) is 11.4 Å². The number of rotatable bonds is 3. The van der Waals surface area contributed by atoms with Crippen LogP contribution in [0.25, 0.3) is 5.69 Å². The van der Waals surface area contributed by atoms with Gasteiger partial charge >= 0.3 is 0 Å². The van der Waals surface area contributed by atoms with Crippen molar-refractivity contribution < 1.29 is 0 Å². The average Bonchev–Trinajstić information content (AvgIpc) is 3.20. The molecule has 0 spiro atoms. The van der Waals surface area contributed by atoms with Crippen LogP contribution in [0.2, 0.25) is 5.02 Å². The smallest absolute Gasteiger partial charge is 0.133 e. The number of likely N-dealkylation sites (tertiary alicyclic amines) is 1. The maximum Gasteiger partial charge on any atom is 0.133 e. The van der Waals surface area contributed by atoms with Gasteiger partial charge in [0, 0.05) is 29.6 Å². The number of benzene rings is 1. The van der Waals surface area contributed by atoms with E-state index in [2.05, 4.69) is 34.0 Å². The maximum atomic E-state index is 6.34. The Morgan fingerprint density at radius 2 is 2.25 bits per heavy atom. The Labute approximate surface area is 148 Å². The lowest BCUT2D eigenvalue weighted by Crippen LogP contribution is -2.34. The Balaban J connectivity index is 1.73. The zero-order chi connectivity index (χ0) is 16.7. The van der Waals surface area contributed by atoms with E-state index in [0.29, 0.717) is 5.92 Å². The molecule has 0 radical (unpaired) electrons. The van der Waals surface area contributed by atoms with E-state index in [1.807, 2.05) is 13.0 Å². The minimum Gasteiger partial charge on any atom is -0.369 e. The van der Waals surface area contributed by atoms with Crippen LogP contribution in [-0.2, 0) is 6.42 Å². The lowest BCUT2D eigenvalue weighted by molar-refractivity contribution is 0.215. The lowest BCUT2D eigenvalue weighted by atomic mass is 9.92. The summed E-state index contributed by atoms with van der Waals surface area (Å²) in [5.41, 5.74) is 4.86. The molecule has 0 saturated carbocycles. The van der Waals surface area contributed by atoms with Gasteiger partial charge in [0.2, 0.25) is 0 Å². The van der Waals surface area contributed by atoms with E-state index in [0.717, 1.165) is 42.3 Å². The first-order chi connectivity index (χ1) is 11.7. The number of nitrogens with one attached hydrogen (secondary N) is 1. The highest BCUT2D eigenvalue weighted by atomic mass is 35.5. The maximum absolute atomic E-state index is 6.34. The minimum atomic E-state index is 0.550. The molecule has 3 heterocycles. The first kappa shape index (κ1) is 16.0. The van der Waals surface area contributed by atoms with Gasteiger partial charge in [-0.25, -0.2) is 4.68 Å². The second-order valence-corrected chi connectivity index (χ2v) is 7.37. The van der Waals surface area contributed by atoms with Crippen molar-refractivity contribution in [2.45, 2.75) is 39.0 Å². The molecule has 0 amide bonds. The summed E-state index contributed by atoms with van der Waals surface area (Å²) in [6, 6.07) is 6.20. The molecule has 1 saturated heterocycles. The summed E-state index contributed by atoms with van der Waals surface area (Å²) in [6.45, 7) is 8.78. The van der Waals surface area contributed by atoms with Crippen LogP contribution in [0.4, 0.5) is 5.82 Å². The highest BCUT2D eigenvalue weighted by Crippen LogP contribution is 2.36. The Hall–Kier alpha value is -1.52. The Morgan fingerprint density at radius 3 is 3.04 bits per heavy atom. The van der Waals surface area contributed by atoms with Crippen molar-refractivity contribution in [2.24, 2.45) is 0 Å². The van der Waals surface area contributed by atoms with E-state index in [-0.39, 0.29) is 0 Å². The number of anilines is 1. The van der Waals surface area contributed by atoms with Gasteiger partial charge in [-0.1, -0.05) is 24.6 Å². The second kappa shape index (κ2) is 6.41. The SMILES string of the molecule is CCN1CCCC(c2nn(-c3ccc(C)c(Cl)c3)c3c2CCN3)C1. The van der Waals surface area contributed by atoms with Crippen LogP contribution < -0.4 is 5.32 Å². The van der Waals surface area contributed by atoms with Gasteiger partial charge < -0.3 is 10.2 Å². The van der Waals surface area contributed by atoms with Crippen LogP contribution in [0, 0.1) is 6.92 Å². The van der Waals surface area contributed by atoms with Crippen molar-refractivity contribution in [3.05, 3.63) is 40.0 Å². The molecule has 24 heavy (non-hydrogen) atoms. The Kier molecular flexibility index (Phi) is 4.27. The van der Waals surface area contributed by atoms with Crippen LogP contribution in [0.1, 0.15) is 42.5 Å². The molecule has 1 aromatic carbocycles. The van der Waals surface area contributed by atoms with Gasteiger partial charge in [0.25, 0.3) is 0 Å². The summed E-state index contributed by atoms with van der Waals surface area (Å²) in [5.74, 6) is 1.72. The molecule has 0 aliphatic carbocycles. The lowest BCUT2D eigenvalue weighted by Gasteiger charge is -2.31. The van der Waals surface area contributed by atoms with Crippen molar-refractivity contribution in [3.8, 4) is 5.69 Å². The minimum absolute atomic E-state index is 0.550. The molecule has 1 fully saturated rings. The molecule has 4 nitrogen and oxygen atoms in total. The van der Waals surface area contributed by atoms with Crippen molar-refractivity contribution in [1.82, 2.24) is 14.7 Å². The fourth-order valence-corrected chi connectivity index (χ4v) is 4.17. The van der Waals surface area contributed by atoms with Gasteiger partial charge in [-0.05, 0) is 57.0 Å². The first-order valence-electron chi connectivity index (χ1n) is 9.02. The highest BCUT2D eigenvalue weighted by molar-refractivity contribution is 6.31. The van der Waals surface area contributed by atoms with Crippen molar-refractivity contribution in [2.75, 3.05) is 31.5 Å². The highest BCUT2D eigenvalue weighted by Gasteiger charge is 2.30. The van der Waals surface area contributed by atoms with Crippen molar-refractivity contribution in [1.29, 1.82) is 0 Å². The van der Waals surface area contributed by atoms with E-state index < -0.39 is 0 Å².